The summed E-state index contributed by atoms with van der Waals surface area (Å²) in [4.78, 5) is 10.8. The highest BCUT2D eigenvalue weighted by Gasteiger charge is 2.22. The highest BCUT2D eigenvalue weighted by atomic mass is 16.1. The number of hydrogen-bond donors (Lipinski definition) is 1. The minimum atomic E-state index is 0.0894. The van der Waals surface area contributed by atoms with Gasteiger partial charge in [0.2, 0.25) is 0 Å². The molecule has 0 aromatic heterocycles. The zero-order valence-electron chi connectivity index (χ0n) is 6.69. The largest absolute Gasteiger partial charge is 0.380 e. The molecule has 0 aromatic rings. The van der Waals surface area contributed by atoms with Crippen LogP contribution in [-0.4, -0.2) is 12.3 Å². The monoisotopic (exact) mass is 139 g/mol. The Morgan fingerprint density at radius 1 is 1.50 bits per heavy atom. The van der Waals surface area contributed by atoms with E-state index in [9.17, 15) is 4.79 Å². The summed E-state index contributed by atoms with van der Waals surface area (Å²) < 4.78 is 0. The van der Waals surface area contributed by atoms with E-state index in [1.165, 1.54) is 0 Å². The van der Waals surface area contributed by atoms with Crippen molar-refractivity contribution in [1.29, 1.82) is 0 Å². The van der Waals surface area contributed by atoms with Crippen LogP contribution < -0.4 is 5.32 Å². The van der Waals surface area contributed by atoms with E-state index in [0.29, 0.717) is 6.54 Å². The van der Waals surface area contributed by atoms with Crippen LogP contribution >= 0.6 is 0 Å². The standard InChI is InChI=1S/C8H13NO/c1-8(2,3)7-4-6(10)5-9-7/h4,9H,5H2,1-3H3. The van der Waals surface area contributed by atoms with E-state index >= 15 is 0 Å². The Hall–Kier alpha value is -0.790. The normalized spacial score (nSPS) is 18.7. The van der Waals surface area contributed by atoms with Crippen LogP contribution in [0.15, 0.2) is 11.8 Å². The lowest BCUT2D eigenvalue weighted by Crippen LogP contribution is -2.21. The predicted octanol–water partition coefficient (Wildman–Crippen LogP) is 1.09. The van der Waals surface area contributed by atoms with Crippen LogP contribution in [0.2, 0.25) is 0 Å². The van der Waals surface area contributed by atoms with Gasteiger partial charge in [0.1, 0.15) is 0 Å². The fraction of sp³-hybridized carbons (Fsp3) is 0.625. The average Bonchev–Trinajstić information content (AvgIpc) is 2.11. The molecule has 0 aliphatic carbocycles. The second-order valence-corrected chi connectivity index (χ2v) is 3.63. The molecule has 1 aliphatic rings. The molecule has 0 radical (unpaired) electrons. The van der Waals surface area contributed by atoms with Crippen LogP contribution in [0.3, 0.4) is 0 Å². The molecule has 10 heavy (non-hydrogen) atoms. The Bertz CT molecular complexity index is 186. The first-order chi connectivity index (χ1) is 4.50. The number of allylic oxidation sites excluding steroid dienone is 1. The maximum atomic E-state index is 10.8. The smallest absolute Gasteiger partial charge is 0.176 e. The number of carbonyl (C=O) groups excluding carboxylic acids is 1. The van der Waals surface area contributed by atoms with E-state index in [0.717, 1.165) is 5.70 Å². The van der Waals surface area contributed by atoms with Crippen molar-refractivity contribution in [2.45, 2.75) is 20.8 Å². The van der Waals surface area contributed by atoms with Crippen molar-refractivity contribution >= 4 is 5.78 Å². The Morgan fingerprint density at radius 3 is 2.30 bits per heavy atom. The molecule has 1 aliphatic heterocycles. The summed E-state index contributed by atoms with van der Waals surface area (Å²) in [7, 11) is 0. The number of hydrogen-bond acceptors (Lipinski definition) is 2. The molecule has 1 N–H and O–H groups in total. The molecule has 0 saturated heterocycles. The number of nitrogens with one attached hydrogen (secondary N) is 1. The Balaban J connectivity index is 2.76. The lowest BCUT2D eigenvalue weighted by molar-refractivity contribution is -0.113. The van der Waals surface area contributed by atoms with Gasteiger partial charge in [0.25, 0.3) is 0 Å². The molecule has 0 amide bonds. The number of ketones is 1. The van der Waals surface area contributed by atoms with Gasteiger partial charge in [-0.15, -0.1) is 0 Å². The van der Waals surface area contributed by atoms with Crippen LogP contribution in [0.25, 0.3) is 0 Å². The summed E-state index contributed by atoms with van der Waals surface area (Å²) >= 11 is 0. The van der Waals surface area contributed by atoms with Gasteiger partial charge in [-0.2, -0.15) is 0 Å². The molecular formula is C8H13NO. The second-order valence-electron chi connectivity index (χ2n) is 3.63. The van der Waals surface area contributed by atoms with Crippen molar-refractivity contribution in [2.24, 2.45) is 5.41 Å². The zero-order valence-corrected chi connectivity index (χ0v) is 6.69. The van der Waals surface area contributed by atoms with E-state index < -0.39 is 0 Å². The molecule has 0 fully saturated rings. The summed E-state index contributed by atoms with van der Waals surface area (Å²) in [6, 6.07) is 0. The first-order valence-corrected chi connectivity index (χ1v) is 3.49. The summed E-state index contributed by atoms with van der Waals surface area (Å²) in [5.41, 5.74) is 1.14. The second kappa shape index (κ2) is 2.11. The highest BCUT2D eigenvalue weighted by Crippen LogP contribution is 2.24. The van der Waals surface area contributed by atoms with Crippen molar-refractivity contribution in [3.63, 3.8) is 0 Å². The van der Waals surface area contributed by atoms with Crippen molar-refractivity contribution in [1.82, 2.24) is 5.32 Å². The molecule has 1 heterocycles. The van der Waals surface area contributed by atoms with E-state index in [2.05, 4.69) is 26.1 Å². The van der Waals surface area contributed by atoms with E-state index in [1.54, 1.807) is 6.08 Å². The lowest BCUT2D eigenvalue weighted by Gasteiger charge is -2.19. The summed E-state index contributed by atoms with van der Waals surface area (Å²) in [6.07, 6.45) is 1.69. The average molecular weight is 139 g/mol. The lowest BCUT2D eigenvalue weighted by atomic mass is 9.92. The van der Waals surface area contributed by atoms with Crippen LogP contribution in [-0.2, 0) is 4.79 Å². The zero-order chi connectivity index (χ0) is 7.78. The third kappa shape index (κ3) is 1.38. The van der Waals surface area contributed by atoms with Crippen molar-refractivity contribution in [3.8, 4) is 0 Å². The highest BCUT2D eigenvalue weighted by molar-refractivity contribution is 5.94. The first-order valence-electron chi connectivity index (χ1n) is 3.49. The maximum absolute atomic E-state index is 10.8. The molecule has 0 bridgehead atoms. The molecule has 0 saturated carbocycles. The van der Waals surface area contributed by atoms with Gasteiger partial charge in [-0.1, -0.05) is 20.8 Å². The third-order valence-corrected chi connectivity index (χ3v) is 1.57. The van der Waals surface area contributed by atoms with Crippen LogP contribution in [0, 0.1) is 5.41 Å². The molecule has 0 unspecified atom stereocenters. The summed E-state index contributed by atoms with van der Waals surface area (Å²) in [5, 5.41) is 3.06. The molecular weight excluding hydrogens is 126 g/mol. The molecule has 0 atom stereocenters. The fourth-order valence-electron chi connectivity index (χ4n) is 0.927. The first kappa shape index (κ1) is 7.32. The maximum Gasteiger partial charge on any atom is 0.176 e. The minimum absolute atomic E-state index is 0.0894. The minimum Gasteiger partial charge on any atom is -0.380 e. The third-order valence-electron chi connectivity index (χ3n) is 1.57. The van der Waals surface area contributed by atoms with Gasteiger partial charge >= 0.3 is 0 Å². The summed E-state index contributed by atoms with van der Waals surface area (Å²) in [5.74, 6) is 0.185. The van der Waals surface area contributed by atoms with Gasteiger partial charge in [0.05, 0.1) is 6.54 Å². The predicted molar refractivity (Wildman–Crippen MR) is 40.5 cm³/mol. The summed E-state index contributed by atoms with van der Waals surface area (Å²) in [6.45, 7) is 6.74. The molecule has 56 valence electrons. The van der Waals surface area contributed by atoms with E-state index in [1.807, 2.05) is 0 Å². The number of rotatable bonds is 0. The van der Waals surface area contributed by atoms with Gasteiger partial charge < -0.3 is 5.32 Å². The van der Waals surface area contributed by atoms with Crippen molar-refractivity contribution < 1.29 is 4.79 Å². The van der Waals surface area contributed by atoms with Gasteiger partial charge in [-0.3, -0.25) is 4.79 Å². The van der Waals surface area contributed by atoms with E-state index in [-0.39, 0.29) is 11.2 Å². The fourth-order valence-corrected chi connectivity index (χ4v) is 0.927. The Morgan fingerprint density at radius 2 is 2.10 bits per heavy atom. The Kier molecular flexibility index (Phi) is 1.55. The van der Waals surface area contributed by atoms with Crippen LogP contribution in [0.1, 0.15) is 20.8 Å². The quantitative estimate of drug-likeness (QED) is 0.544. The SMILES string of the molecule is CC(C)(C)C1=CC(=O)CN1. The van der Waals surface area contributed by atoms with Gasteiger partial charge in [0, 0.05) is 17.2 Å². The van der Waals surface area contributed by atoms with E-state index in [4.69, 9.17) is 0 Å². The molecule has 1 rings (SSSR count). The van der Waals surface area contributed by atoms with Crippen molar-refractivity contribution in [3.05, 3.63) is 11.8 Å². The molecule has 0 spiro atoms. The molecule has 2 nitrogen and oxygen atoms in total. The van der Waals surface area contributed by atoms with Gasteiger partial charge in [0.15, 0.2) is 5.78 Å². The van der Waals surface area contributed by atoms with Crippen LogP contribution in [0.4, 0.5) is 0 Å². The Labute approximate surface area is 61.3 Å². The number of carbonyl (C=O) groups is 1. The van der Waals surface area contributed by atoms with Gasteiger partial charge in [-0.25, -0.2) is 0 Å². The molecule has 0 aromatic carbocycles. The van der Waals surface area contributed by atoms with Crippen molar-refractivity contribution in [2.75, 3.05) is 6.54 Å². The molecule has 2 heteroatoms. The van der Waals surface area contributed by atoms with Crippen LogP contribution in [0.5, 0.6) is 0 Å². The topological polar surface area (TPSA) is 29.1 Å². The van der Waals surface area contributed by atoms with Gasteiger partial charge in [-0.05, 0) is 0 Å².